The number of aromatic amines is 1. The lowest BCUT2D eigenvalue weighted by Gasteiger charge is -2.18. The van der Waals surface area contributed by atoms with Gasteiger partial charge in [-0.25, -0.2) is 14.6 Å². The van der Waals surface area contributed by atoms with Crippen LogP contribution in [-0.2, 0) is 28.5 Å². The van der Waals surface area contributed by atoms with Gasteiger partial charge in [-0.3, -0.25) is 4.79 Å². The zero-order valence-corrected chi connectivity index (χ0v) is 20.0. The zero-order chi connectivity index (χ0) is 25.7. The fourth-order valence-corrected chi connectivity index (χ4v) is 3.35. The molecular weight excluding hydrogens is 466 g/mol. The lowest BCUT2D eigenvalue weighted by Crippen LogP contribution is -2.26. The van der Waals surface area contributed by atoms with Crippen LogP contribution in [0.2, 0.25) is 0 Å². The van der Waals surface area contributed by atoms with Gasteiger partial charge in [-0.2, -0.15) is 0 Å². The summed E-state index contributed by atoms with van der Waals surface area (Å²) in [5.41, 5.74) is 0.723. The van der Waals surface area contributed by atoms with Gasteiger partial charge in [-0.05, 0) is 51.1 Å². The smallest absolute Gasteiger partial charge is 0.458 e. The lowest BCUT2D eigenvalue weighted by atomic mass is 10.1. The Morgan fingerprint density at radius 1 is 1.14 bits per heavy atom. The van der Waals surface area contributed by atoms with Gasteiger partial charge in [0.1, 0.15) is 24.5 Å². The number of carbonyl (C=O) groups excluding carboxylic acids is 3. The molecule has 2 aromatic heterocycles. The van der Waals surface area contributed by atoms with Crippen LogP contribution in [0.25, 0.3) is 17.1 Å². The van der Waals surface area contributed by atoms with Gasteiger partial charge < -0.3 is 29.2 Å². The van der Waals surface area contributed by atoms with Gasteiger partial charge in [0, 0.05) is 29.5 Å². The summed E-state index contributed by atoms with van der Waals surface area (Å²) in [6, 6.07) is 3.63. The number of allylic oxidation sites excluding steroid dienone is 5. The largest absolute Gasteiger partial charge is 0.508 e. The van der Waals surface area contributed by atoms with E-state index < -0.39 is 23.5 Å². The first kappa shape index (κ1) is 24.5. The van der Waals surface area contributed by atoms with Crippen molar-refractivity contribution in [1.82, 2.24) is 15.3 Å². The summed E-state index contributed by atoms with van der Waals surface area (Å²) in [5.74, 6) is -1.57. The summed E-state index contributed by atoms with van der Waals surface area (Å²) >= 11 is 0. The summed E-state index contributed by atoms with van der Waals surface area (Å²) in [7, 11) is 0. The summed E-state index contributed by atoms with van der Waals surface area (Å²) in [6.07, 6.45) is 12.6. The number of hydrogen-bond donors (Lipinski definition) is 2. The van der Waals surface area contributed by atoms with E-state index in [0.717, 1.165) is 5.39 Å². The summed E-state index contributed by atoms with van der Waals surface area (Å²) in [5, 5.41) is 3.78. The fourth-order valence-electron chi connectivity index (χ4n) is 3.35. The van der Waals surface area contributed by atoms with Gasteiger partial charge in [0.05, 0.1) is 5.70 Å². The molecule has 0 amide bonds. The Morgan fingerprint density at radius 2 is 1.94 bits per heavy atom. The molecule has 10 heteroatoms. The SMILES string of the molecule is CC(C)(C)OC(=O)OCCOC(=O)C1=C(C2=CC=CC=CN2)OC(=Cc2c[nH]c3ncccc23)C1=O. The molecule has 2 aliphatic heterocycles. The van der Waals surface area contributed by atoms with E-state index in [1.165, 1.54) is 6.08 Å². The van der Waals surface area contributed by atoms with Crippen molar-refractivity contribution in [2.24, 2.45) is 0 Å². The van der Waals surface area contributed by atoms with Crippen molar-refractivity contribution in [3.05, 3.63) is 83.4 Å². The van der Waals surface area contributed by atoms with Crippen LogP contribution >= 0.6 is 0 Å². The molecular formula is C26H25N3O7. The van der Waals surface area contributed by atoms with Crippen LogP contribution in [-0.4, -0.2) is 46.7 Å². The fraction of sp³-hybridized carbons (Fsp3) is 0.231. The number of ether oxygens (including phenoxy) is 4. The number of Topliss-reactive ketones (excluding diaryl/α,β-unsaturated/α-hetero) is 1. The van der Waals surface area contributed by atoms with E-state index in [4.69, 9.17) is 18.9 Å². The maximum atomic E-state index is 13.3. The van der Waals surface area contributed by atoms with Crippen LogP contribution in [0.15, 0.2) is 77.8 Å². The number of H-pyrrole nitrogens is 1. The van der Waals surface area contributed by atoms with Gasteiger partial charge in [0.2, 0.25) is 5.78 Å². The molecule has 0 spiro atoms. The first-order valence-electron chi connectivity index (χ1n) is 11.2. The highest BCUT2D eigenvalue weighted by molar-refractivity contribution is 6.27. The quantitative estimate of drug-likeness (QED) is 0.268. The normalized spacial score (nSPS) is 16.5. The lowest BCUT2D eigenvalue weighted by molar-refractivity contribution is -0.141. The van der Waals surface area contributed by atoms with Crippen molar-refractivity contribution in [2.75, 3.05) is 13.2 Å². The summed E-state index contributed by atoms with van der Waals surface area (Å²) < 4.78 is 21.0. The predicted octanol–water partition coefficient (Wildman–Crippen LogP) is 3.81. The van der Waals surface area contributed by atoms with Crippen LogP contribution in [0.5, 0.6) is 0 Å². The Labute approximate surface area is 207 Å². The van der Waals surface area contributed by atoms with E-state index in [-0.39, 0.29) is 30.3 Å². The number of esters is 1. The highest BCUT2D eigenvalue weighted by atomic mass is 16.7. The molecule has 0 aromatic carbocycles. The number of fused-ring (bicyclic) bond motifs is 1. The number of ketones is 1. The van der Waals surface area contributed by atoms with E-state index >= 15 is 0 Å². The number of nitrogens with one attached hydrogen (secondary N) is 2. The minimum Gasteiger partial charge on any atom is -0.458 e. The molecule has 36 heavy (non-hydrogen) atoms. The van der Waals surface area contributed by atoms with Crippen LogP contribution in [0, 0.1) is 0 Å². The highest BCUT2D eigenvalue weighted by Crippen LogP contribution is 2.32. The molecule has 0 saturated heterocycles. The van der Waals surface area contributed by atoms with Crippen LogP contribution < -0.4 is 5.32 Å². The Hall–Kier alpha value is -4.60. The maximum absolute atomic E-state index is 13.3. The van der Waals surface area contributed by atoms with E-state index in [0.29, 0.717) is 16.9 Å². The van der Waals surface area contributed by atoms with E-state index in [1.54, 1.807) is 69.7 Å². The number of aromatic nitrogens is 2. The van der Waals surface area contributed by atoms with Crippen LogP contribution in [0.1, 0.15) is 26.3 Å². The Bertz CT molecular complexity index is 1350. The molecule has 0 unspecified atom stereocenters. The average Bonchev–Trinajstić information content (AvgIpc) is 3.24. The van der Waals surface area contributed by atoms with Crippen LogP contribution in [0.3, 0.4) is 0 Å². The van der Waals surface area contributed by atoms with Gasteiger partial charge >= 0.3 is 12.1 Å². The minimum absolute atomic E-state index is 0.0264. The Balaban J connectivity index is 1.53. The first-order valence-corrected chi connectivity index (χ1v) is 11.2. The number of pyridine rings is 1. The Morgan fingerprint density at radius 3 is 2.75 bits per heavy atom. The molecule has 0 aliphatic carbocycles. The molecule has 4 rings (SSSR count). The van der Waals surface area contributed by atoms with Crippen molar-refractivity contribution in [3.8, 4) is 0 Å². The van der Waals surface area contributed by atoms with Gasteiger partial charge in [0.25, 0.3) is 0 Å². The molecule has 0 fully saturated rings. The van der Waals surface area contributed by atoms with Crippen LogP contribution in [0.4, 0.5) is 4.79 Å². The minimum atomic E-state index is -0.910. The third-order valence-corrected chi connectivity index (χ3v) is 4.85. The Kier molecular flexibility index (Phi) is 7.05. The molecule has 0 bridgehead atoms. The number of hydrogen-bond acceptors (Lipinski definition) is 9. The molecule has 2 N–H and O–H groups in total. The molecule has 0 radical (unpaired) electrons. The molecule has 0 atom stereocenters. The standard InChI is InChI=1S/C26H25N3O7/c1-26(2,3)36-25(32)34-13-12-33-24(31)20-21(30)19(35-22(20)18-9-5-4-6-10-27-18)14-16-15-29-23-17(16)8-7-11-28-23/h4-11,14-15,27H,12-13H2,1-3H3,(H,28,29). The number of carbonyl (C=O) groups is 3. The third kappa shape index (κ3) is 5.72. The number of rotatable bonds is 6. The van der Waals surface area contributed by atoms with E-state index in [2.05, 4.69) is 15.3 Å². The molecule has 0 saturated carbocycles. The van der Waals surface area contributed by atoms with Gasteiger partial charge in [-0.1, -0.05) is 12.2 Å². The van der Waals surface area contributed by atoms with Gasteiger partial charge in [-0.15, -0.1) is 0 Å². The van der Waals surface area contributed by atoms with E-state index in [1.807, 2.05) is 6.07 Å². The maximum Gasteiger partial charge on any atom is 0.508 e. The second-order valence-corrected chi connectivity index (χ2v) is 8.70. The van der Waals surface area contributed by atoms with Gasteiger partial charge in [0.15, 0.2) is 17.1 Å². The molecule has 2 aliphatic rings. The van der Waals surface area contributed by atoms with Crippen molar-refractivity contribution < 1.29 is 33.3 Å². The summed E-state index contributed by atoms with van der Waals surface area (Å²) in [6.45, 7) is 4.59. The van der Waals surface area contributed by atoms with E-state index in [9.17, 15) is 14.4 Å². The van der Waals surface area contributed by atoms with Crippen molar-refractivity contribution in [2.45, 2.75) is 26.4 Å². The second kappa shape index (κ2) is 10.3. The van der Waals surface area contributed by atoms with Crippen molar-refractivity contribution >= 4 is 35.0 Å². The molecule has 4 heterocycles. The predicted molar refractivity (Wildman–Crippen MR) is 130 cm³/mol. The number of nitrogens with zero attached hydrogens (tertiary/aromatic N) is 1. The topological polar surface area (TPSA) is 129 Å². The first-order chi connectivity index (χ1) is 17.2. The second-order valence-electron chi connectivity index (χ2n) is 8.70. The average molecular weight is 492 g/mol. The van der Waals surface area contributed by atoms with Crippen molar-refractivity contribution in [3.63, 3.8) is 0 Å². The monoisotopic (exact) mass is 491 g/mol. The third-order valence-electron chi connectivity index (χ3n) is 4.85. The summed E-state index contributed by atoms with van der Waals surface area (Å²) in [4.78, 5) is 45.2. The molecule has 186 valence electrons. The zero-order valence-electron chi connectivity index (χ0n) is 20.0. The van der Waals surface area contributed by atoms with Crippen molar-refractivity contribution in [1.29, 1.82) is 0 Å². The molecule has 10 nitrogen and oxygen atoms in total. The molecule has 2 aromatic rings. The highest BCUT2D eigenvalue weighted by Gasteiger charge is 2.38.